The fourth-order valence-corrected chi connectivity index (χ4v) is 2.75. The molecule has 7 heteroatoms. The number of benzene rings is 1. The van der Waals surface area contributed by atoms with E-state index in [1.807, 2.05) is 0 Å². The van der Waals surface area contributed by atoms with E-state index < -0.39 is 10.0 Å². The van der Waals surface area contributed by atoms with Crippen molar-refractivity contribution in [2.75, 3.05) is 26.4 Å². The molecule has 1 aromatic rings. The van der Waals surface area contributed by atoms with Crippen LogP contribution in [0, 0.1) is 6.92 Å². The number of sulfonamides is 1. The van der Waals surface area contributed by atoms with E-state index in [4.69, 9.17) is 5.73 Å². The number of carbonyl (C=O) groups excluding carboxylic acids is 1. The maximum atomic E-state index is 12.2. The van der Waals surface area contributed by atoms with E-state index in [1.165, 1.54) is 26.2 Å². The highest BCUT2D eigenvalue weighted by atomic mass is 32.2. The summed E-state index contributed by atoms with van der Waals surface area (Å²) in [7, 11) is -0.622. The number of carbonyl (C=O) groups is 1. The van der Waals surface area contributed by atoms with Crippen LogP contribution in [0.25, 0.3) is 0 Å². The normalized spacial score (nSPS) is 11.6. The van der Waals surface area contributed by atoms with E-state index in [-0.39, 0.29) is 23.8 Å². The average molecular weight is 285 g/mol. The predicted octanol–water partition coefficient (Wildman–Crippen LogP) is 0.334. The van der Waals surface area contributed by atoms with Crippen LogP contribution < -0.4 is 11.1 Å². The highest BCUT2D eigenvalue weighted by molar-refractivity contribution is 7.89. The van der Waals surface area contributed by atoms with Gasteiger partial charge in [-0.05, 0) is 30.7 Å². The minimum absolute atomic E-state index is 0.125. The monoisotopic (exact) mass is 285 g/mol. The maximum Gasteiger partial charge on any atom is 0.242 e. The predicted molar refractivity (Wildman–Crippen MR) is 74.1 cm³/mol. The van der Waals surface area contributed by atoms with Gasteiger partial charge in [0.1, 0.15) is 0 Å². The number of nitrogens with two attached hydrogens (primary N) is 1. The van der Waals surface area contributed by atoms with Crippen molar-refractivity contribution in [3.05, 3.63) is 23.8 Å². The van der Waals surface area contributed by atoms with Crippen LogP contribution >= 0.6 is 0 Å². The summed E-state index contributed by atoms with van der Waals surface area (Å²) in [6.07, 6.45) is 0.125. The van der Waals surface area contributed by atoms with Gasteiger partial charge in [0.2, 0.25) is 15.9 Å². The Bertz CT molecular complexity index is 570. The summed E-state index contributed by atoms with van der Waals surface area (Å²) in [6.45, 7) is 1.88. The Morgan fingerprint density at radius 1 is 1.42 bits per heavy atom. The SMILES string of the molecule is CNC(=O)CCN(C)S(=O)(=O)c1ccc(N)c(C)c1. The van der Waals surface area contributed by atoms with Crippen molar-refractivity contribution in [1.29, 1.82) is 0 Å². The number of nitrogens with zero attached hydrogens (tertiary/aromatic N) is 1. The van der Waals surface area contributed by atoms with E-state index >= 15 is 0 Å². The average Bonchev–Trinajstić information content (AvgIpc) is 2.38. The van der Waals surface area contributed by atoms with Gasteiger partial charge in [0.15, 0.2) is 0 Å². The maximum absolute atomic E-state index is 12.2. The van der Waals surface area contributed by atoms with Crippen LogP contribution in [0.5, 0.6) is 0 Å². The minimum atomic E-state index is -3.58. The molecule has 1 aromatic carbocycles. The third kappa shape index (κ3) is 3.68. The topological polar surface area (TPSA) is 92.5 Å². The zero-order chi connectivity index (χ0) is 14.6. The molecule has 0 heterocycles. The number of amides is 1. The van der Waals surface area contributed by atoms with Crippen LogP contribution in [0.2, 0.25) is 0 Å². The molecule has 1 amide bonds. The van der Waals surface area contributed by atoms with Crippen molar-refractivity contribution < 1.29 is 13.2 Å². The molecule has 1 rings (SSSR count). The summed E-state index contributed by atoms with van der Waals surface area (Å²) in [5.41, 5.74) is 6.92. The van der Waals surface area contributed by atoms with Gasteiger partial charge in [-0.15, -0.1) is 0 Å². The Morgan fingerprint density at radius 3 is 2.58 bits per heavy atom. The van der Waals surface area contributed by atoms with E-state index in [9.17, 15) is 13.2 Å². The second kappa shape index (κ2) is 6.03. The quantitative estimate of drug-likeness (QED) is 0.763. The van der Waals surface area contributed by atoms with Crippen LogP contribution in [-0.2, 0) is 14.8 Å². The Kier molecular flexibility index (Phi) is 4.90. The molecule has 0 unspecified atom stereocenters. The van der Waals surface area contributed by atoms with Gasteiger partial charge in [-0.3, -0.25) is 4.79 Å². The van der Waals surface area contributed by atoms with E-state index in [0.29, 0.717) is 11.3 Å². The van der Waals surface area contributed by atoms with Crippen LogP contribution in [0.4, 0.5) is 5.69 Å². The zero-order valence-electron chi connectivity index (χ0n) is 11.3. The Hall–Kier alpha value is -1.60. The van der Waals surface area contributed by atoms with Gasteiger partial charge in [0, 0.05) is 32.7 Å². The van der Waals surface area contributed by atoms with Gasteiger partial charge in [0.05, 0.1) is 4.90 Å². The van der Waals surface area contributed by atoms with Crippen molar-refractivity contribution in [3.63, 3.8) is 0 Å². The molecule has 0 aliphatic heterocycles. The largest absolute Gasteiger partial charge is 0.399 e. The van der Waals surface area contributed by atoms with Crippen molar-refractivity contribution in [2.45, 2.75) is 18.2 Å². The van der Waals surface area contributed by atoms with E-state index in [2.05, 4.69) is 5.32 Å². The van der Waals surface area contributed by atoms with Gasteiger partial charge in [-0.1, -0.05) is 0 Å². The zero-order valence-corrected chi connectivity index (χ0v) is 12.1. The fourth-order valence-electron chi connectivity index (χ4n) is 1.49. The Labute approximate surface area is 113 Å². The number of anilines is 1. The second-order valence-electron chi connectivity index (χ2n) is 4.27. The number of hydrogen-bond donors (Lipinski definition) is 2. The number of hydrogen-bond acceptors (Lipinski definition) is 4. The van der Waals surface area contributed by atoms with Gasteiger partial charge in [-0.25, -0.2) is 12.7 Å². The molecule has 19 heavy (non-hydrogen) atoms. The lowest BCUT2D eigenvalue weighted by molar-refractivity contribution is -0.120. The summed E-state index contributed by atoms with van der Waals surface area (Å²) in [5.74, 6) is -0.199. The summed E-state index contributed by atoms with van der Waals surface area (Å²) in [4.78, 5) is 11.3. The summed E-state index contributed by atoms with van der Waals surface area (Å²) in [5, 5.41) is 2.45. The first-order valence-corrected chi connectivity index (χ1v) is 7.26. The number of rotatable bonds is 5. The van der Waals surface area contributed by atoms with Crippen molar-refractivity contribution >= 4 is 21.6 Å². The molecule has 106 valence electrons. The van der Waals surface area contributed by atoms with Crippen molar-refractivity contribution in [1.82, 2.24) is 9.62 Å². The summed E-state index contributed by atoms with van der Waals surface area (Å²) in [6, 6.07) is 4.56. The van der Waals surface area contributed by atoms with Crippen molar-refractivity contribution in [2.24, 2.45) is 0 Å². The fraction of sp³-hybridized carbons (Fsp3) is 0.417. The van der Waals surface area contributed by atoms with Crippen molar-refractivity contribution in [3.8, 4) is 0 Å². The Balaban J connectivity index is 2.90. The van der Waals surface area contributed by atoms with Gasteiger partial charge >= 0.3 is 0 Å². The molecule has 3 N–H and O–H groups in total. The summed E-state index contributed by atoms with van der Waals surface area (Å²) >= 11 is 0. The number of nitrogen functional groups attached to an aromatic ring is 1. The summed E-state index contributed by atoms with van der Waals surface area (Å²) < 4.78 is 25.7. The van der Waals surface area contributed by atoms with E-state index in [1.54, 1.807) is 13.0 Å². The lowest BCUT2D eigenvalue weighted by Gasteiger charge is -2.17. The molecular formula is C12H19N3O3S. The molecule has 0 radical (unpaired) electrons. The molecule has 0 saturated heterocycles. The molecule has 0 bridgehead atoms. The first-order valence-electron chi connectivity index (χ1n) is 5.82. The highest BCUT2D eigenvalue weighted by Gasteiger charge is 2.21. The molecule has 0 aliphatic carbocycles. The Morgan fingerprint density at radius 2 is 2.05 bits per heavy atom. The molecule has 0 aromatic heterocycles. The number of nitrogens with one attached hydrogen (secondary N) is 1. The lowest BCUT2D eigenvalue weighted by Crippen LogP contribution is -2.31. The van der Waals surface area contributed by atoms with Crippen LogP contribution in [-0.4, -0.2) is 39.3 Å². The lowest BCUT2D eigenvalue weighted by atomic mass is 10.2. The molecule has 0 atom stereocenters. The first-order chi connectivity index (χ1) is 8.78. The van der Waals surface area contributed by atoms with Gasteiger partial charge in [0.25, 0.3) is 0 Å². The molecule has 0 saturated carbocycles. The minimum Gasteiger partial charge on any atom is -0.399 e. The molecule has 0 spiro atoms. The van der Waals surface area contributed by atoms with Gasteiger partial charge in [-0.2, -0.15) is 0 Å². The molecule has 0 aliphatic rings. The first kappa shape index (κ1) is 15.5. The molecule has 6 nitrogen and oxygen atoms in total. The highest BCUT2D eigenvalue weighted by Crippen LogP contribution is 2.19. The van der Waals surface area contributed by atoms with E-state index in [0.717, 1.165) is 4.31 Å². The molecule has 0 fully saturated rings. The number of aryl methyl sites for hydroxylation is 1. The molecular weight excluding hydrogens is 266 g/mol. The third-order valence-corrected chi connectivity index (χ3v) is 4.73. The van der Waals surface area contributed by atoms with Crippen LogP contribution in [0.15, 0.2) is 23.1 Å². The smallest absolute Gasteiger partial charge is 0.242 e. The van der Waals surface area contributed by atoms with Gasteiger partial charge < -0.3 is 11.1 Å². The standard InChI is InChI=1S/C12H19N3O3S/c1-9-8-10(4-5-11(9)13)19(17,18)15(3)7-6-12(16)14-2/h4-5,8H,6-7,13H2,1-3H3,(H,14,16). The second-order valence-corrected chi connectivity index (χ2v) is 6.31. The van der Waals surface area contributed by atoms with Crippen LogP contribution in [0.1, 0.15) is 12.0 Å². The third-order valence-electron chi connectivity index (χ3n) is 2.88. The van der Waals surface area contributed by atoms with Crippen LogP contribution in [0.3, 0.4) is 0 Å².